The molecule has 0 spiro atoms. The summed E-state index contributed by atoms with van der Waals surface area (Å²) >= 11 is 0. The molecular weight excluding hydrogens is 188 g/mol. The van der Waals surface area contributed by atoms with E-state index in [0.717, 1.165) is 31.1 Å². The minimum atomic E-state index is -0.630. The van der Waals surface area contributed by atoms with Crippen LogP contribution in [0.1, 0.15) is 59.8 Å². The van der Waals surface area contributed by atoms with Gasteiger partial charge in [0.15, 0.2) is 0 Å². The van der Waals surface area contributed by atoms with Crippen molar-refractivity contribution >= 4 is 5.97 Å². The van der Waals surface area contributed by atoms with Crippen LogP contribution in [-0.4, -0.2) is 11.1 Å². The lowest BCUT2D eigenvalue weighted by Crippen LogP contribution is -2.12. The van der Waals surface area contributed by atoms with E-state index in [1.807, 2.05) is 6.92 Å². The number of carboxylic acid groups (broad SMARTS) is 1. The first kappa shape index (κ1) is 14.5. The zero-order valence-corrected chi connectivity index (χ0v) is 10.6. The van der Waals surface area contributed by atoms with E-state index in [1.165, 1.54) is 12.8 Å². The molecule has 0 radical (unpaired) electrons. The highest BCUT2D eigenvalue weighted by molar-refractivity contribution is 5.69. The molecule has 0 saturated carbocycles. The highest BCUT2D eigenvalue weighted by Gasteiger charge is 2.14. The third kappa shape index (κ3) is 6.53. The molecule has 15 heavy (non-hydrogen) atoms. The van der Waals surface area contributed by atoms with Crippen LogP contribution in [0.3, 0.4) is 0 Å². The van der Waals surface area contributed by atoms with Crippen molar-refractivity contribution in [1.29, 1.82) is 0 Å². The number of hydrogen-bond acceptors (Lipinski definition) is 1. The second-order valence-electron chi connectivity index (χ2n) is 4.95. The van der Waals surface area contributed by atoms with E-state index in [9.17, 15) is 4.79 Å². The van der Waals surface area contributed by atoms with Gasteiger partial charge in [-0.25, -0.2) is 0 Å². The van der Waals surface area contributed by atoms with Gasteiger partial charge in [-0.05, 0) is 24.7 Å². The fourth-order valence-electron chi connectivity index (χ4n) is 1.69. The maximum Gasteiger partial charge on any atom is 0.306 e. The van der Waals surface area contributed by atoms with Crippen molar-refractivity contribution in [2.75, 3.05) is 0 Å². The zero-order chi connectivity index (χ0) is 11.8. The van der Waals surface area contributed by atoms with Gasteiger partial charge in [-0.15, -0.1) is 0 Å². The Hall–Kier alpha value is -0.530. The Kier molecular flexibility index (Phi) is 7.45. The molecular formula is C13H26O2. The van der Waals surface area contributed by atoms with Gasteiger partial charge in [0.05, 0.1) is 5.92 Å². The molecule has 0 aliphatic rings. The molecule has 0 aromatic carbocycles. The zero-order valence-electron chi connectivity index (χ0n) is 10.6. The topological polar surface area (TPSA) is 37.3 Å². The quantitative estimate of drug-likeness (QED) is 0.621. The molecule has 2 nitrogen and oxygen atoms in total. The molecule has 2 heteroatoms. The van der Waals surface area contributed by atoms with E-state index in [2.05, 4.69) is 20.8 Å². The van der Waals surface area contributed by atoms with Crippen LogP contribution in [0.15, 0.2) is 0 Å². The van der Waals surface area contributed by atoms with E-state index in [0.29, 0.717) is 0 Å². The maximum atomic E-state index is 10.8. The van der Waals surface area contributed by atoms with E-state index in [1.54, 1.807) is 0 Å². The van der Waals surface area contributed by atoms with Crippen LogP contribution in [0, 0.1) is 17.8 Å². The van der Waals surface area contributed by atoms with Crippen LogP contribution in [-0.2, 0) is 4.79 Å². The Balaban J connectivity index is 3.57. The summed E-state index contributed by atoms with van der Waals surface area (Å²) in [6.45, 7) is 8.72. The van der Waals surface area contributed by atoms with Crippen molar-refractivity contribution in [2.45, 2.75) is 59.8 Å². The average molecular weight is 214 g/mol. The third-order valence-electron chi connectivity index (χ3n) is 3.44. The largest absolute Gasteiger partial charge is 0.481 e. The van der Waals surface area contributed by atoms with Gasteiger partial charge in [0.1, 0.15) is 0 Å². The minimum Gasteiger partial charge on any atom is -0.481 e. The lowest BCUT2D eigenvalue weighted by Gasteiger charge is -2.15. The summed E-state index contributed by atoms with van der Waals surface area (Å²) in [6.07, 6.45) is 5.06. The van der Waals surface area contributed by atoms with Crippen molar-refractivity contribution in [2.24, 2.45) is 17.8 Å². The fraction of sp³-hybridized carbons (Fsp3) is 0.923. The molecule has 0 aromatic rings. The van der Waals surface area contributed by atoms with Crippen LogP contribution < -0.4 is 0 Å². The number of aliphatic carboxylic acids is 1. The third-order valence-corrected chi connectivity index (χ3v) is 3.44. The van der Waals surface area contributed by atoms with Gasteiger partial charge in [0.25, 0.3) is 0 Å². The summed E-state index contributed by atoms with van der Waals surface area (Å²) in [5, 5.41) is 8.87. The summed E-state index contributed by atoms with van der Waals surface area (Å²) in [5.41, 5.74) is 0. The molecule has 0 rings (SSSR count). The highest BCUT2D eigenvalue weighted by atomic mass is 16.4. The monoisotopic (exact) mass is 214 g/mol. The lowest BCUT2D eigenvalue weighted by atomic mass is 9.91. The predicted octanol–water partition coefficient (Wildman–Crippen LogP) is 3.95. The minimum absolute atomic E-state index is 0.126. The van der Waals surface area contributed by atoms with Gasteiger partial charge < -0.3 is 5.11 Å². The van der Waals surface area contributed by atoms with Crippen molar-refractivity contribution in [3.05, 3.63) is 0 Å². The van der Waals surface area contributed by atoms with Crippen LogP contribution in [0.5, 0.6) is 0 Å². The number of hydrogen-bond donors (Lipinski definition) is 1. The molecule has 0 amide bonds. The molecule has 0 aromatic heterocycles. The molecule has 2 atom stereocenters. The molecule has 0 heterocycles. The van der Waals surface area contributed by atoms with Crippen LogP contribution in [0.2, 0.25) is 0 Å². The Labute approximate surface area is 94.1 Å². The van der Waals surface area contributed by atoms with E-state index in [4.69, 9.17) is 5.11 Å². The number of carbonyl (C=O) groups is 1. The van der Waals surface area contributed by atoms with Crippen molar-refractivity contribution < 1.29 is 9.90 Å². The van der Waals surface area contributed by atoms with E-state index < -0.39 is 5.97 Å². The van der Waals surface area contributed by atoms with Gasteiger partial charge in [-0.2, -0.15) is 0 Å². The average Bonchev–Trinajstić information content (AvgIpc) is 2.16. The van der Waals surface area contributed by atoms with Gasteiger partial charge >= 0.3 is 5.97 Å². The maximum absolute atomic E-state index is 10.8. The van der Waals surface area contributed by atoms with Gasteiger partial charge in [0, 0.05) is 0 Å². The van der Waals surface area contributed by atoms with Gasteiger partial charge in [-0.1, -0.05) is 47.0 Å². The van der Waals surface area contributed by atoms with Crippen LogP contribution in [0.4, 0.5) is 0 Å². The van der Waals surface area contributed by atoms with Crippen LogP contribution in [0.25, 0.3) is 0 Å². The van der Waals surface area contributed by atoms with Crippen molar-refractivity contribution in [3.63, 3.8) is 0 Å². The summed E-state index contributed by atoms with van der Waals surface area (Å²) in [6, 6.07) is 0. The highest BCUT2D eigenvalue weighted by Crippen LogP contribution is 2.20. The molecule has 0 aliphatic carbocycles. The SMILES string of the molecule is CCC(CCCCC(C)C(C)C)C(=O)O. The second kappa shape index (κ2) is 7.72. The van der Waals surface area contributed by atoms with Crippen molar-refractivity contribution in [3.8, 4) is 0 Å². The molecule has 90 valence electrons. The molecule has 0 fully saturated rings. The number of unbranched alkanes of at least 4 members (excludes halogenated alkanes) is 1. The first-order chi connectivity index (χ1) is 6.99. The van der Waals surface area contributed by atoms with Crippen molar-refractivity contribution in [1.82, 2.24) is 0 Å². The molecule has 0 saturated heterocycles. The van der Waals surface area contributed by atoms with E-state index >= 15 is 0 Å². The Morgan fingerprint density at radius 2 is 1.67 bits per heavy atom. The summed E-state index contributed by atoms with van der Waals surface area (Å²) in [5.74, 6) is 0.745. The summed E-state index contributed by atoms with van der Waals surface area (Å²) in [7, 11) is 0. The Bertz CT molecular complexity index is 175. The lowest BCUT2D eigenvalue weighted by molar-refractivity contribution is -0.142. The number of rotatable bonds is 8. The standard InChI is InChI=1S/C13H26O2/c1-5-12(13(14)15)9-7-6-8-11(4)10(2)3/h10-12H,5-9H2,1-4H3,(H,14,15). The van der Waals surface area contributed by atoms with Gasteiger partial charge in [-0.3, -0.25) is 4.79 Å². The van der Waals surface area contributed by atoms with E-state index in [-0.39, 0.29) is 5.92 Å². The molecule has 0 aliphatic heterocycles. The Morgan fingerprint density at radius 3 is 2.07 bits per heavy atom. The Morgan fingerprint density at radius 1 is 1.13 bits per heavy atom. The summed E-state index contributed by atoms with van der Waals surface area (Å²) < 4.78 is 0. The summed E-state index contributed by atoms with van der Waals surface area (Å²) in [4.78, 5) is 10.8. The normalized spacial score (nSPS) is 15.3. The molecule has 0 bridgehead atoms. The number of carboxylic acids is 1. The molecule has 2 unspecified atom stereocenters. The smallest absolute Gasteiger partial charge is 0.306 e. The second-order valence-corrected chi connectivity index (χ2v) is 4.95. The predicted molar refractivity (Wildman–Crippen MR) is 63.9 cm³/mol. The fourth-order valence-corrected chi connectivity index (χ4v) is 1.69. The van der Waals surface area contributed by atoms with Crippen LogP contribution >= 0.6 is 0 Å². The first-order valence-electron chi connectivity index (χ1n) is 6.21. The molecule has 1 N–H and O–H groups in total. The first-order valence-corrected chi connectivity index (χ1v) is 6.21. The van der Waals surface area contributed by atoms with Gasteiger partial charge in [0.2, 0.25) is 0 Å².